The number of benzene rings is 1. The Morgan fingerprint density at radius 1 is 1.23 bits per heavy atom. The van der Waals surface area contributed by atoms with E-state index in [1.54, 1.807) is 30.2 Å². The predicted octanol–water partition coefficient (Wildman–Crippen LogP) is 1.99. The van der Waals surface area contributed by atoms with Crippen molar-refractivity contribution in [2.24, 2.45) is 0 Å². The molecule has 0 aliphatic rings. The molecule has 1 rings (SSSR count). The molecule has 0 bridgehead atoms. The number of carbonyl (C=O) groups is 1. The summed E-state index contributed by atoms with van der Waals surface area (Å²) in [5, 5.41) is 2.05. The molecule has 1 aromatic carbocycles. The van der Waals surface area contributed by atoms with E-state index in [1.165, 1.54) is 21.0 Å². The molecule has 148 valence electrons. The molecule has 0 atom stereocenters. The van der Waals surface area contributed by atoms with Crippen molar-refractivity contribution in [1.82, 2.24) is 10.2 Å². The fraction of sp³-hybridized carbons (Fsp3) is 0.588. The molecule has 0 radical (unpaired) electrons. The lowest BCUT2D eigenvalue weighted by Gasteiger charge is -2.23. The van der Waals surface area contributed by atoms with Crippen LogP contribution in [0.4, 0.5) is 4.79 Å². The van der Waals surface area contributed by atoms with Gasteiger partial charge >= 0.3 is 16.1 Å². The quantitative estimate of drug-likeness (QED) is 0.616. The average molecular weight is 388 g/mol. The number of nitrogens with zero attached hydrogens (tertiary/aromatic N) is 1. The van der Waals surface area contributed by atoms with E-state index in [2.05, 4.69) is 5.32 Å². The normalized spacial score (nSPS) is 11.3. The van der Waals surface area contributed by atoms with Crippen LogP contribution in [0, 0.1) is 0 Å². The summed E-state index contributed by atoms with van der Waals surface area (Å²) in [5.74, 6) is 0.403. The summed E-state index contributed by atoms with van der Waals surface area (Å²) < 4.78 is 39.6. The number of carbonyl (C=O) groups excluding carboxylic acids is 1. The molecule has 0 saturated carbocycles. The van der Waals surface area contributed by atoms with Crippen LogP contribution in [-0.4, -0.2) is 58.5 Å². The summed E-state index contributed by atoms with van der Waals surface area (Å²) in [6.07, 6.45) is 0. The minimum absolute atomic E-state index is 0.0984. The Bertz CT molecular complexity index is 690. The van der Waals surface area contributed by atoms with Gasteiger partial charge in [-0.25, -0.2) is 4.79 Å². The predicted molar refractivity (Wildman–Crippen MR) is 99.0 cm³/mol. The Kier molecular flexibility index (Phi) is 8.67. The SMILES string of the molecule is CCNC(=O)N(CCOC)Cc1ccc(OC)c(OS(=O)(=O)C(C)C)c1. The van der Waals surface area contributed by atoms with Crippen molar-refractivity contribution in [1.29, 1.82) is 0 Å². The second kappa shape index (κ2) is 10.2. The monoisotopic (exact) mass is 388 g/mol. The maximum atomic E-state index is 12.2. The first kappa shape index (κ1) is 22.0. The summed E-state index contributed by atoms with van der Waals surface area (Å²) in [7, 11) is -0.766. The van der Waals surface area contributed by atoms with E-state index in [0.717, 1.165) is 0 Å². The number of amides is 2. The highest BCUT2D eigenvalue weighted by atomic mass is 32.2. The summed E-state index contributed by atoms with van der Waals surface area (Å²) in [6, 6.07) is 4.72. The molecule has 0 heterocycles. The van der Waals surface area contributed by atoms with Gasteiger partial charge in [0, 0.05) is 26.7 Å². The van der Waals surface area contributed by atoms with E-state index >= 15 is 0 Å². The van der Waals surface area contributed by atoms with Crippen molar-refractivity contribution in [3.63, 3.8) is 0 Å². The Hall–Kier alpha value is -2.00. The third-order valence-corrected chi connectivity index (χ3v) is 5.13. The molecule has 9 heteroatoms. The third kappa shape index (κ3) is 6.38. The van der Waals surface area contributed by atoms with Crippen LogP contribution in [0.15, 0.2) is 18.2 Å². The van der Waals surface area contributed by atoms with E-state index in [9.17, 15) is 13.2 Å². The number of nitrogens with one attached hydrogen (secondary N) is 1. The lowest BCUT2D eigenvalue weighted by molar-refractivity contribution is 0.146. The molecule has 0 aromatic heterocycles. The molecule has 0 aliphatic heterocycles. The molecule has 8 nitrogen and oxygen atoms in total. The van der Waals surface area contributed by atoms with Crippen molar-refractivity contribution >= 4 is 16.1 Å². The second-order valence-corrected chi connectivity index (χ2v) is 7.96. The Morgan fingerprint density at radius 3 is 2.46 bits per heavy atom. The number of hydrogen-bond donors (Lipinski definition) is 1. The molecule has 1 aromatic rings. The van der Waals surface area contributed by atoms with Crippen molar-refractivity contribution in [2.75, 3.05) is 33.9 Å². The summed E-state index contributed by atoms with van der Waals surface area (Å²) in [6.45, 7) is 6.47. The van der Waals surface area contributed by atoms with E-state index < -0.39 is 15.4 Å². The zero-order valence-corrected chi connectivity index (χ0v) is 16.8. The molecule has 0 aliphatic carbocycles. The maximum absolute atomic E-state index is 12.2. The van der Waals surface area contributed by atoms with E-state index in [1.807, 2.05) is 6.92 Å². The van der Waals surface area contributed by atoms with Gasteiger partial charge in [-0.3, -0.25) is 0 Å². The van der Waals surface area contributed by atoms with Crippen LogP contribution in [-0.2, 0) is 21.4 Å². The van der Waals surface area contributed by atoms with Crippen LogP contribution in [0.3, 0.4) is 0 Å². The zero-order chi connectivity index (χ0) is 19.7. The van der Waals surface area contributed by atoms with E-state index in [-0.39, 0.29) is 18.3 Å². The van der Waals surface area contributed by atoms with Crippen molar-refractivity contribution < 1.29 is 26.9 Å². The molecule has 2 amide bonds. The van der Waals surface area contributed by atoms with Crippen LogP contribution in [0.25, 0.3) is 0 Å². The van der Waals surface area contributed by atoms with Crippen molar-refractivity contribution in [2.45, 2.75) is 32.6 Å². The van der Waals surface area contributed by atoms with Gasteiger partial charge in [-0.2, -0.15) is 8.42 Å². The first-order chi connectivity index (χ1) is 12.2. The van der Waals surface area contributed by atoms with Gasteiger partial charge in [0.1, 0.15) is 0 Å². The Balaban J connectivity index is 3.08. The number of methoxy groups -OCH3 is 2. The zero-order valence-electron chi connectivity index (χ0n) is 15.9. The first-order valence-electron chi connectivity index (χ1n) is 8.37. The smallest absolute Gasteiger partial charge is 0.317 e. The number of hydrogen-bond acceptors (Lipinski definition) is 6. The van der Waals surface area contributed by atoms with Gasteiger partial charge in [0.05, 0.1) is 19.0 Å². The minimum atomic E-state index is -3.76. The fourth-order valence-corrected chi connectivity index (χ4v) is 2.62. The number of urea groups is 1. The van der Waals surface area contributed by atoms with Gasteiger partial charge < -0.3 is 23.9 Å². The molecular formula is C17H28N2O6S. The lowest BCUT2D eigenvalue weighted by atomic mass is 10.2. The van der Waals surface area contributed by atoms with Gasteiger partial charge in [-0.15, -0.1) is 0 Å². The van der Waals surface area contributed by atoms with Crippen molar-refractivity contribution in [3.8, 4) is 11.5 Å². The average Bonchev–Trinajstić information content (AvgIpc) is 2.58. The second-order valence-electron chi connectivity index (χ2n) is 5.86. The molecule has 0 fully saturated rings. The standard InChI is InChI=1S/C17H28N2O6S/c1-6-18-17(20)19(9-10-23-4)12-14-7-8-15(24-5)16(11-14)25-26(21,22)13(2)3/h7-8,11,13H,6,9-10,12H2,1-5H3,(H,18,20). The van der Waals surface area contributed by atoms with Gasteiger partial charge in [0.25, 0.3) is 0 Å². The van der Waals surface area contributed by atoms with Crippen LogP contribution < -0.4 is 14.2 Å². The highest BCUT2D eigenvalue weighted by Gasteiger charge is 2.21. The topological polar surface area (TPSA) is 94.2 Å². The number of rotatable bonds is 10. The van der Waals surface area contributed by atoms with Gasteiger partial charge in [-0.1, -0.05) is 6.07 Å². The van der Waals surface area contributed by atoms with Gasteiger partial charge in [-0.05, 0) is 38.5 Å². The van der Waals surface area contributed by atoms with Crippen LogP contribution in [0.2, 0.25) is 0 Å². The molecule has 1 N–H and O–H groups in total. The lowest BCUT2D eigenvalue weighted by Crippen LogP contribution is -2.41. The molecule has 0 spiro atoms. The van der Waals surface area contributed by atoms with Crippen molar-refractivity contribution in [3.05, 3.63) is 23.8 Å². The Morgan fingerprint density at radius 2 is 1.92 bits per heavy atom. The molecule has 0 saturated heterocycles. The van der Waals surface area contributed by atoms with E-state index in [0.29, 0.717) is 31.0 Å². The van der Waals surface area contributed by atoms with Crippen LogP contribution in [0.1, 0.15) is 26.3 Å². The molecule has 26 heavy (non-hydrogen) atoms. The van der Waals surface area contributed by atoms with Gasteiger partial charge in [0.2, 0.25) is 0 Å². The summed E-state index contributed by atoms with van der Waals surface area (Å²) >= 11 is 0. The highest BCUT2D eigenvalue weighted by molar-refractivity contribution is 7.87. The molecular weight excluding hydrogens is 360 g/mol. The van der Waals surface area contributed by atoms with Crippen LogP contribution >= 0.6 is 0 Å². The molecule has 0 unspecified atom stereocenters. The summed E-state index contributed by atoms with van der Waals surface area (Å²) in [4.78, 5) is 13.8. The van der Waals surface area contributed by atoms with Crippen LogP contribution in [0.5, 0.6) is 11.5 Å². The first-order valence-corrected chi connectivity index (χ1v) is 9.84. The fourth-order valence-electron chi connectivity index (χ4n) is 2.04. The Labute approximate surface area is 155 Å². The largest absolute Gasteiger partial charge is 0.493 e. The minimum Gasteiger partial charge on any atom is -0.493 e. The third-order valence-electron chi connectivity index (χ3n) is 3.57. The van der Waals surface area contributed by atoms with E-state index in [4.69, 9.17) is 13.7 Å². The van der Waals surface area contributed by atoms with Gasteiger partial charge in [0.15, 0.2) is 11.5 Å². The maximum Gasteiger partial charge on any atom is 0.317 e. The summed E-state index contributed by atoms with van der Waals surface area (Å²) in [5.41, 5.74) is 0.710. The number of ether oxygens (including phenoxy) is 2. The highest BCUT2D eigenvalue weighted by Crippen LogP contribution is 2.30.